The smallest absolute Gasteiger partial charge is 0.166 e. The van der Waals surface area contributed by atoms with Gasteiger partial charge in [-0.1, -0.05) is 48.6 Å². The molecular weight excluding hydrogens is 414 g/mol. The minimum absolute atomic E-state index is 0.0442. The summed E-state index contributed by atoms with van der Waals surface area (Å²) in [5.74, 6) is 1.12. The van der Waals surface area contributed by atoms with Gasteiger partial charge in [0, 0.05) is 17.0 Å². The molecule has 0 aromatic heterocycles. The van der Waals surface area contributed by atoms with Crippen molar-refractivity contribution in [1.29, 1.82) is 0 Å². The first-order valence-electron chi connectivity index (χ1n) is 12.0. The van der Waals surface area contributed by atoms with E-state index in [0.29, 0.717) is 13.0 Å². The topological polar surface area (TPSA) is 59.0 Å². The van der Waals surface area contributed by atoms with E-state index in [1.807, 2.05) is 30.3 Å². The molecule has 33 heavy (non-hydrogen) atoms. The number of likely N-dealkylation sites (N-methyl/N-ethyl adjacent to an activating group) is 1. The van der Waals surface area contributed by atoms with Gasteiger partial charge in [0.2, 0.25) is 0 Å². The number of piperidine rings is 1. The molecule has 1 saturated heterocycles. The zero-order chi connectivity index (χ0) is 22.6. The standard InChI is InChI=1S/C28H29NO4/c1-17(30)20-15-26-10-11-28(20,31)25-27(26)12-13-29(2)22(26)14-19-8-9-21(24(33-25)23(19)27)32-16-18-6-4-3-5-7-18/h3-11,20,22,25,31H,12-16H2,1-2H3. The lowest BCUT2D eigenvalue weighted by molar-refractivity contribution is -0.202. The molecule has 2 fully saturated rings. The van der Waals surface area contributed by atoms with Crippen molar-refractivity contribution in [2.45, 2.75) is 56.0 Å². The highest BCUT2D eigenvalue weighted by atomic mass is 16.5. The number of Topliss-reactive ketones (excluding diaryl/α,β-unsaturated/α-hetero) is 1. The number of rotatable bonds is 4. The van der Waals surface area contributed by atoms with Gasteiger partial charge in [0.05, 0.1) is 11.3 Å². The normalized spacial score (nSPS) is 39.2. The second kappa shape index (κ2) is 6.28. The Labute approximate surface area is 194 Å². The Hall–Kier alpha value is -2.63. The highest BCUT2D eigenvalue weighted by Gasteiger charge is 2.79. The maximum Gasteiger partial charge on any atom is 0.166 e. The second-order valence-corrected chi connectivity index (χ2v) is 10.7. The molecule has 6 unspecified atom stereocenters. The lowest BCUT2D eigenvalue weighted by Gasteiger charge is -2.70. The quantitative estimate of drug-likeness (QED) is 0.734. The Morgan fingerprint density at radius 1 is 1.21 bits per heavy atom. The largest absolute Gasteiger partial charge is 0.485 e. The third-order valence-corrected chi connectivity index (χ3v) is 9.46. The molecule has 6 atom stereocenters. The summed E-state index contributed by atoms with van der Waals surface area (Å²) in [5.41, 5.74) is 1.79. The number of carbonyl (C=O) groups excluding carboxylic acids is 1. The van der Waals surface area contributed by atoms with Crippen molar-refractivity contribution in [2.75, 3.05) is 13.6 Å². The van der Waals surface area contributed by atoms with Crippen molar-refractivity contribution in [3.63, 3.8) is 0 Å². The fraction of sp³-hybridized carbons (Fsp3) is 0.464. The maximum atomic E-state index is 12.8. The highest BCUT2D eigenvalue weighted by molar-refractivity contribution is 5.82. The number of aliphatic hydroxyl groups is 1. The molecule has 8 rings (SSSR count). The molecule has 1 N–H and O–H groups in total. The van der Waals surface area contributed by atoms with Crippen LogP contribution in [0, 0.1) is 11.3 Å². The van der Waals surface area contributed by atoms with Crippen molar-refractivity contribution >= 4 is 5.78 Å². The van der Waals surface area contributed by atoms with Crippen LogP contribution in [0.15, 0.2) is 54.6 Å². The molecule has 6 aliphatic rings. The van der Waals surface area contributed by atoms with Gasteiger partial charge in [-0.3, -0.25) is 4.79 Å². The molecule has 4 aliphatic carbocycles. The summed E-state index contributed by atoms with van der Waals surface area (Å²) >= 11 is 0. The molecule has 2 heterocycles. The van der Waals surface area contributed by atoms with Gasteiger partial charge >= 0.3 is 0 Å². The predicted molar refractivity (Wildman–Crippen MR) is 123 cm³/mol. The van der Waals surface area contributed by atoms with E-state index in [2.05, 4.69) is 36.2 Å². The summed E-state index contributed by atoms with van der Waals surface area (Å²) in [6.07, 6.45) is 6.19. The van der Waals surface area contributed by atoms with E-state index >= 15 is 0 Å². The number of benzene rings is 2. The molecule has 170 valence electrons. The monoisotopic (exact) mass is 443 g/mol. The minimum Gasteiger partial charge on any atom is -0.485 e. The maximum absolute atomic E-state index is 12.8. The zero-order valence-corrected chi connectivity index (χ0v) is 19.1. The van der Waals surface area contributed by atoms with Crippen LogP contribution in [-0.4, -0.2) is 47.1 Å². The Kier molecular flexibility index (Phi) is 3.77. The zero-order valence-electron chi connectivity index (χ0n) is 19.1. The van der Waals surface area contributed by atoms with E-state index in [1.165, 1.54) is 11.1 Å². The SMILES string of the molecule is CC(=O)C1CC23C=CC1(O)C1Oc4c(OCc5ccccc5)ccc5c4C12CCN(C)C3C5. The molecule has 5 nitrogen and oxygen atoms in total. The van der Waals surface area contributed by atoms with Gasteiger partial charge in [0.1, 0.15) is 24.1 Å². The molecule has 2 aliphatic heterocycles. The molecule has 0 radical (unpaired) electrons. The summed E-state index contributed by atoms with van der Waals surface area (Å²) < 4.78 is 13.1. The number of ketones is 1. The predicted octanol–water partition coefficient (Wildman–Crippen LogP) is 3.42. The molecule has 0 amide bonds. The number of fused-ring (bicyclic) bond motifs is 1. The van der Waals surface area contributed by atoms with Crippen LogP contribution >= 0.6 is 0 Å². The van der Waals surface area contributed by atoms with Crippen molar-refractivity contribution in [2.24, 2.45) is 11.3 Å². The lowest BCUT2D eigenvalue weighted by atomic mass is 9.37. The highest BCUT2D eigenvalue weighted by Crippen LogP contribution is 2.74. The van der Waals surface area contributed by atoms with Gasteiger partial charge < -0.3 is 19.5 Å². The Morgan fingerprint density at radius 2 is 2.03 bits per heavy atom. The number of carbonyl (C=O) groups is 1. The molecule has 2 spiro atoms. The van der Waals surface area contributed by atoms with Gasteiger partial charge in [-0.15, -0.1) is 0 Å². The molecule has 2 aromatic rings. The van der Waals surface area contributed by atoms with Crippen LogP contribution in [0.25, 0.3) is 0 Å². The van der Waals surface area contributed by atoms with Gasteiger partial charge in [0.15, 0.2) is 11.5 Å². The number of nitrogens with zero attached hydrogens (tertiary/aromatic N) is 1. The summed E-state index contributed by atoms with van der Waals surface area (Å²) in [4.78, 5) is 15.2. The second-order valence-electron chi connectivity index (χ2n) is 10.7. The third-order valence-electron chi connectivity index (χ3n) is 9.46. The van der Waals surface area contributed by atoms with Crippen molar-refractivity contribution in [3.05, 3.63) is 71.3 Å². The van der Waals surface area contributed by atoms with Gasteiger partial charge in [0.25, 0.3) is 0 Å². The van der Waals surface area contributed by atoms with Gasteiger partial charge in [-0.05, 0) is 57.0 Å². The summed E-state index contributed by atoms with van der Waals surface area (Å²) in [7, 11) is 2.20. The Bertz CT molecular complexity index is 1210. The number of ether oxygens (including phenoxy) is 2. The first-order chi connectivity index (χ1) is 15.9. The average molecular weight is 444 g/mol. The number of hydrogen-bond donors (Lipinski definition) is 1. The van der Waals surface area contributed by atoms with Crippen LogP contribution in [0.5, 0.6) is 11.5 Å². The van der Waals surface area contributed by atoms with E-state index in [9.17, 15) is 9.90 Å². The van der Waals surface area contributed by atoms with Crippen molar-refractivity contribution in [1.82, 2.24) is 4.90 Å². The fourth-order valence-corrected chi connectivity index (χ4v) is 8.06. The van der Waals surface area contributed by atoms with Gasteiger partial charge in [-0.25, -0.2) is 0 Å². The lowest BCUT2D eigenvalue weighted by Crippen LogP contribution is -2.79. The van der Waals surface area contributed by atoms with Crippen molar-refractivity contribution < 1.29 is 19.4 Å². The van der Waals surface area contributed by atoms with Crippen LogP contribution in [-0.2, 0) is 23.2 Å². The van der Waals surface area contributed by atoms with Crippen LogP contribution in [0.2, 0.25) is 0 Å². The fourth-order valence-electron chi connectivity index (χ4n) is 8.06. The molecule has 2 aromatic carbocycles. The van der Waals surface area contributed by atoms with Gasteiger partial charge in [-0.2, -0.15) is 0 Å². The van der Waals surface area contributed by atoms with E-state index in [1.54, 1.807) is 6.92 Å². The summed E-state index contributed by atoms with van der Waals surface area (Å²) in [5, 5.41) is 12.0. The molecular formula is C28H29NO4. The first-order valence-corrected chi connectivity index (χ1v) is 12.0. The van der Waals surface area contributed by atoms with E-state index < -0.39 is 17.6 Å². The first kappa shape index (κ1) is 19.8. The Balaban J connectivity index is 1.41. The summed E-state index contributed by atoms with van der Waals surface area (Å²) in [6, 6.07) is 14.6. The van der Waals surface area contributed by atoms with E-state index in [4.69, 9.17) is 9.47 Å². The number of hydrogen-bond acceptors (Lipinski definition) is 5. The Morgan fingerprint density at radius 3 is 2.82 bits per heavy atom. The van der Waals surface area contributed by atoms with Crippen LogP contribution < -0.4 is 9.47 Å². The minimum atomic E-state index is -1.29. The van der Waals surface area contributed by atoms with E-state index in [0.717, 1.165) is 36.4 Å². The van der Waals surface area contributed by atoms with Crippen LogP contribution in [0.1, 0.15) is 36.5 Å². The van der Waals surface area contributed by atoms with Crippen LogP contribution in [0.3, 0.4) is 0 Å². The summed E-state index contributed by atoms with van der Waals surface area (Å²) in [6.45, 7) is 3.03. The molecule has 4 bridgehead atoms. The molecule has 1 saturated carbocycles. The molecule has 5 heteroatoms. The third kappa shape index (κ3) is 2.18. The average Bonchev–Trinajstić information content (AvgIpc) is 3.19. The van der Waals surface area contributed by atoms with E-state index in [-0.39, 0.29) is 22.7 Å². The van der Waals surface area contributed by atoms with Crippen LogP contribution in [0.4, 0.5) is 0 Å². The van der Waals surface area contributed by atoms with Crippen molar-refractivity contribution in [3.8, 4) is 11.5 Å². The number of likely N-dealkylation sites (tertiary alicyclic amines) is 1.